The predicted octanol–water partition coefficient (Wildman–Crippen LogP) is 1.16. The van der Waals surface area contributed by atoms with Crippen molar-refractivity contribution in [1.29, 1.82) is 5.26 Å². The van der Waals surface area contributed by atoms with E-state index in [0.29, 0.717) is 25.1 Å². The lowest BCUT2D eigenvalue weighted by Gasteiger charge is -2.36. The van der Waals surface area contributed by atoms with Crippen LogP contribution in [0.5, 0.6) is 0 Å². The quantitative estimate of drug-likeness (QED) is 0.865. The van der Waals surface area contributed by atoms with Crippen LogP contribution in [0, 0.1) is 11.3 Å². The third-order valence-electron chi connectivity index (χ3n) is 4.45. The van der Waals surface area contributed by atoms with E-state index in [1.165, 1.54) is 0 Å². The number of fused-ring (bicyclic) bond motifs is 1. The molecule has 1 aromatic heterocycles. The van der Waals surface area contributed by atoms with Crippen molar-refractivity contribution in [2.45, 2.75) is 25.9 Å². The van der Waals surface area contributed by atoms with E-state index < -0.39 is 10.0 Å². The standard InChI is InChI=1S/C17H21N5O2S/c1-3-25(23,24)20-15-7-14-6-13(8-18)4-5-17(14)22(10-15)11-16-9-19-12-21(16)2/h4-6,9,12,15,20H,3,7,10-11H2,1-2H3. The van der Waals surface area contributed by atoms with E-state index in [9.17, 15) is 8.42 Å². The molecule has 1 unspecified atom stereocenters. The summed E-state index contributed by atoms with van der Waals surface area (Å²) in [5, 5.41) is 9.15. The van der Waals surface area contributed by atoms with Crippen LogP contribution >= 0.6 is 0 Å². The lowest BCUT2D eigenvalue weighted by Crippen LogP contribution is -2.48. The monoisotopic (exact) mass is 359 g/mol. The largest absolute Gasteiger partial charge is 0.364 e. The Balaban J connectivity index is 1.93. The van der Waals surface area contributed by atoms with Crippen molar-refractivity contribution in [2.24, 2.45) is 7.05 Å². The van der Waals surface area contributed by atoms with Crippen LogP contribution in [0.2, 0.25) is 0 Å². The molecular formula is C17H21N5O2S. The van der Waals surface area contributed by atoms with Crippen LogP contribution in [-0.2, 0) is 30.0 Å². The molecule has 1 aromatic carbocycles. The molecule has 0 saturated heterocycles. The SMILES string of the molecule is CCS(=O)(=O)NC1Cc2cc(C#N)ccc2N(Cc2cncn2C)C1. The number of aromatic nitrogens is 2. The Labute approximate surface area is 148 Å². The second-order valence-corrected chi connectivity index (χ2v) is 8.30. The fourth-order valence-electron chi connectivity index (χ4n) is 3.12. The minimum Gasteiger partial charge on any atom is -0.364 e. The van der Waals surface area contributed by atoms with Crippen molar-refractivity contribution >= 4 is 15.7 Å². The fourth-order valence-corrected chi connectivity index (χ4v) is 3.95. The average Bonchev–Trinajstić information content (AvgIpc) is 2.98. The molecule has 3 rings (SSSR count). The highest BCUT2D eigenvalue weighted by atomic mass is 32.2. The molecule has 2 aromatic rings. The zero-order valence-corrected chi connectivity index (χ0v) is 15.1. The number of sulfonamides is 1. The third kappa shape index (κ3) is 3.83. The van der Waals surface area contributed by atoms with Gasteiger partial charge >= 0.3 is 0 Å². The zero-order chi connectivity index (χ0) is 18.0. The Morgan fingerprint density at radius 3 is 2.88 bits per heavy atom. The number of hydrogen-bond donors (Lipinski definition) is 1. The first-order chi connectivity index (χ1) is 11.9. The summed E-state index contributed by atoms with van der Waals surface area (Å²) < 4.78 is 28.7. The first-order valence-corrected chi connectivity index (χ1v) is 9.80. The van der Waals surface area contributed by atoms with Gasteiger partial charge in [0.05, 0.1) is 36.0 Å². The van der Waals surface area contributed by atoms with Gasteiger partial charge in [0.15, 0.2) is 0 Å². The average molecular weight is 359 g/mol. The number of rotatable bonds is 5. The van der Waals surface area contributed by atoms with E-state index in [2.05, 4.69) is 20.7 Å². The molecule has 0 fully saturated rings. The van der Waals surface area contributed by atoms with Gasteiger partial charge in [0.2, 0.25) is 10.0 Å². The van der Waals surface area contributed by atoms with E-state index in [-0.39, 0.29) is 11.8 Å². The van der Waals surface area contributed by atoms with E-state index in [4.69, 9.17) is 5.26 Å². The van der Waals surface area contributed by atoms with Crippen molar-refractivity contribution in [3.05, 3.63) is 47.5 Å². The van der Waals surface area contributed by atoms with Crippen LogP contribution in [0.15, 0.2) is 30.7 Å². The lowest BCUT2D eigenvalue weighted by molar-refractivity contribution is 0.523. The van der Waals surface area contributed by atoms with Gasteiger partial charge in [-0.25, -0.2) is 18.1 Å². The zero-order valence-electron chi connectivity index (χ0n) is 14.3. The number of nitriles is 1. The normalized spacial score (nSPS) is 17.2. The minimum absolute atomic E-state index is 0.0519. The summed E-state index contributed by atoms with van der Waals surface area (Å²) in [6.45, 7) is 2.82. The highest BCUT2D eigenvalue weighted by molar-refractivity contribution is 7.89. The first kappa shape index (κ1) is 17.5. The number of imidazole rings is 1. The summed E-state index contributed by atoms with van der Waals surface area (Å²) >= 11 is 0. The molecule has 7 nitrogen and oxygen atoms in total. The van der Waals surface area contributed by atoms with Crippen LogP contribution < -0.4 is 9.62 Å². The van der Waals surface area contributed by atoms with Gasteiger partial charge in [-0.15, -0.1) is 0 Å². The number of benzene rings is 1. The van der Waals surface area contributed by atoms with E-state index in [1.807, 2.05) is 29.9 Å². The number of nitrogens with one attached hydrogen (secondary N) is 1. The molecule has 0 aliphatic carbocycles. The third-order valence-corrected chi connectivity index (χ3v) is 5.90. The summed E-state index contributed by atoms with van der Waals surface area (Å²) in [7, 11) is -1.36. The van der Waals surface area contributed by atoms with Gasteiger partial charge in [-0.1, -0.05) is 0 Å². The van der Waals surface area contributed by atoms with Gasteiger partial charge in [0.1, 0.15) is 0 Å². The molecule has 0 saturated carbocycles. The minimum atomic E-state index is -3.29. The highest BCUT2D eigenvalue weighted by Crippen LogP contribution is 2.29. The van der Waals surface area contributed by atoms with Crippen molar-refractivity contribution in [3.8, 4) is 6.07 Å². The molecule has 25 heavy (non-hydrogen) atoms. The summed E-state index contributed by atoms with van der Waals surface area (Å²) in [6, 6.07) is 7.51. The Kier molecular flexibility index (Phi) is 4.79. The molecule has 0 amide bonds. The maximum Gasteiger partial charge on any atom is 0.211 e. The van der Waals surface area contributed by atoms with Crippen molar-refractivity contribution < 1.29 is 8.42 Å². The van der Waals surface area contributed by atoms with Gasteiger partial charge in [-0.3, -0.25) is 0 Å². The molecule has 8 heteroatoms. The maximum absolute atomic E-state index is 12.0. The summed E-state index contributed by atoms with van der Waals surface area (Å²) in [6.07, 6.45) is 4.13. The lowest BCUT2D eigenvalue weighted by atomic mass is 9.96. The Bertz CT molecular complexity index is 913. The number of anilines is 1. The van der Waals surface area contributed by atoms with Crippen LogP contribution in [-0.4, -0.2) is 36.3 Å². The number of nitrogens with zero attached hydrogens (tertiary/aromatic N) is 4. The maximum atomic E-state index is 12.0. The number of hydrogen-bond acceptors (Lipinski definition) is 5. The smallest absolute Gasteiger partial charge is 0.211 e. The van der Waals surface area contributed by atoms with Crippen molar-refractivity contribution in [3.63, 3.8) is 0 Å². The van der Waals surface area contributed by atoms with Crippen molar-refractivity contribution in [2.75, 3.05) is 17.2 Å². The van der Waals surface area contributed by atoms with E-state index >= 15 is 0 Å². The van der Waals surface area contributed by atoms with Gasteiger partial charge < -0.3 is 9.47 Å². The molecule has 0 bridgehead atoms. The molecule has 1 aliphatic rings. The Morgan fingerprint density at radius 1 is 1.44 bits per heavy atom. The molecule has 1 atom stereocenters. The molecule has 2 heterocycles. The van der Waals surface area contributed by atoms with Gasteiger partial charge in [0.25, 0.3) is 0 Å². The van der Waals surface area contributed by atoms with Gasteiger partial charge in [-0.05, 0) is 37.1 Å². The second-order valence-electron chi connectivity index (χ2n) is 6.25. The van der Waals surface area contributed by atoms with Crippen LogP contribution in [0.1, 0.15) is 23.7 Å². The van der Waals surface area contributed by atoms with Gasteiger partial charge in [0, 0.05) is 31.5 Å². The molecule has 0 radical (unpaired) electrons. The molecule has 1 N–H and O–H groups in total. The first-order valence-electron chi connectivity index (χ1n) is 8.15. The number of aryl methyl sites for hydroxylation is 1. The summed E-state index contributed by atoms with van der Waals surface area (Å²) in [4.78, 5) is 6.28. The second kappa shape index (κ2) is 6.86. The van der Waals surface area contributed by atoms with Gasteiger partial charge in [-0.2, -0.15) is 5.26 Å². The predicted molar refractivity (Wildman–Crippen MR) is 95.5 cm³/mol. The van der Waals surface area contributed by atoms with Crippen LogP contribution in [0.4, 0.5) is 5.69 Å². The van der Waals surface area contributed by atoms with Crippen molar-refractivity contribution in [1.82, 2.24) is 14.3 Å². The molecule has 1 aliphatic heterocycles. The molecule has 0 spiro atoms. The fraction of sp³-hybridized carbons (Fsp3) is 0.412. The molecule has 132 valence electrons. The Morgan fingerprint density at radius 2 is 2.24 bits per heavy atom. The topological polar surface area (TPSA) is 91.0 Å². The van der Waals surface area contributed by atoms with Crippen LogP contribution in [0.25, 0.3) is 0 Å². The highest BCUT2D eigenvalue weighted by Gasteiger charge is 2.27. The summed E-state index contributed by atoms with van der Waals surface area (Å²) in [5.41, 5.74) is 3.64. The summed E-state index contributed by atoms with van der Waals surface area (Å²) in [5.74, 6) is 0.0519. The Hall–Kier alpha value is -2.37. The molecular weight excluding hydrogens is 338 g/mol. The van der Waals surface area contributed by atoms with E-state index in [0.717, 1.165) is 16.9 Å². The van der Waals surface area contributed by atoms with E-state index in [1.54, 1.807) is 19.3 Å². The van der Waals surface area contributed by atoms with Crippen LogP contribution in [0.3, 0.4) is 0 Å².